The highest BCUT2D eigenvalue weighted by molar-refractivity contribution is 6.04. The van der Waals surface area contributed by atoms with Crippen LogP contribution < -0.4 is 15.8 Å². The number of nitrogens with one attached hydrogen (secondary N) is 1. The van der Waals surface area contributed by atoms with Crippen LogP contribution in [0.25, 0.3) is 11.1 Å². The van der Waals surface area contributed by atoms with Crippen molar-refractivity contribution in [1.29, 1.82) is 0 Å². The zero-order valence-electron chi connectivity index (χ0n) is 18.3. The summed E-state index contributed by atoms with van der Waals surface area (Å²) in [6.07, 6.45) is -1.57. The molecule has 0 saturated carbocycles. The number of hydrogen-bond donors (Lipinski definition) is 1. The zero-order valence-corrected chi connectivity index (χ0v) is 18.3. The first-order chi connectivity index (χ1) is 15.8. The number of nitrogens with zero attached hydrogens (tertiary/aromatic N) is 3. The highest BCUT2D eigenvalue weighted by atomic mass is 19.3. The SMILES string of the molecule is Cc1ccc(NC(=O)c2ccnc(C(F)F)c2)cc1-c1cc(N2CCOCC2)n(C)c(=O)c1. The minimum Gasteiger partial charge on any atom is -0.378 e. The molecule has 0 unspecified atom stereocenters. The number of morpholine rings is 1. The summed E-state index contributed by atoms with van der Waals surface area (Å²) in [5.41, 5.74) is 2.44. The number of rotatable bonds is 5. The molecule has 1 aliphatic rings. The number of hydrogen-bond acceptors (Lipinski definition) is 5. The average molecular weight is 454 g/mol. The van der Waals surface area contributed by atoms with Crippen molar-refractivity contribution < 1.29 is 18.3 Å². The van der Waals surface area contributed by atoms with Gasteiger partial charge >= 0.3 is 0 Å². The average Bonchev–Trinajstić information content (AvgIpc) is 2.82. The van der Waals surface area contributed by atoms with E-state index in [-0.39, 0.29) is 11.1 Å². The van der Waals surface area contributed by atoms with Gasteiger partial charge in [0.25, 0.3) is 17.9 Å². The van der Waals surface area contributed by atoms with Gasteiger partial charge < -0.3 is 15.0 Å². The summed E-state index contributed by atoms with van der Waals surface area (Å²) in [4.78, 5) is 31.0. The van der Waals surface area contributed by atoms with Gasteiger partial charge in [0.05, 0.1) is 13.2 Å². The number of aryl methyl sites for hydroxylation is 1. The number of alkyl halides is 2. The molecule has 0 radical (unpaired) electrons. The summed E-state index contributed by atoms with van der Waals surface area (Å²) >= 11 is 0. The summed E-state index contributed by atoms with van der Waals surface area (Å²) in [5, 5.41) is 2.74. The first-order valence-electron chi connectivity index (χ1n) is 10.5. The molecule has 7 nitrogen and oxygen atoms in total. The third kappa shape index (κ3) is 4.93. The number of anilines is 2. The molecule has 2 aromatic heterocycles. The van der Waals surface area contributed by atoms with Crippen LogP contribution in [0.1, 0.15) is 28.0 Å². The second-order valence-electron chi connectivity index (χ2n) is 7.85. The normalized spacial score (nSPS) is 13.9. The van der Waals surface area contributed by atoms with Crippen LogP contribution in [0.2, 0.25) is 0 Å². The van der Waals surface area contributed by atoms with E-state index in [1.807, 2.05) is 19.1 Å². The molecule has 3 heterocycles. The molecule has 1 fully saturated rings. The second kappa shape index (κ2) is 9.50. The van der Waals surface area contributed by atoms with E-state index >= 15 is 0 Å². The van der Waals surface area contributed by atoms with Gasteiger partial charge in [0.15, 0.2) is 0 Å². The van der Waals surface area contributed by atoms with Crippen molar-refractivity contribution in [3.63, 3.8) is 0 Å². The van der Waals surface area contributed by atoms with Gasteiger partial charge in [-0.05, 0) is 53.9 Å². The first kappa shape index (κ1) is 22.6. The lowest BCUT2D eigenvalue weighted by Crippen LogP contribution is -2.39. The van der Waals surface area contributed by atoms with Crippen molar-refractivity contribution >= 4 is 17.4 Å². The molecule has 3 aromatic rings. The lowest BCUT2D eigenvalue weighted by Gasteiger charge is -2.30. The van der Waals surface area contributed by atoms with Crippen molar-refractivity contribution in [2.24, 2.45) is 7.05 Å². The molecule has 33 heavy (non-hydrogen) atoms. The summed E-state index contributed by atoms with van der Waals surface area (Å²) in [6.45, 7) is 4.50. The topological polar surface area (TPSA) is 76.5 Å². The second-order valence-corrected chi connectivity index (χ2v) is 7.85. The fourth-order valence-electron chi connectivity index (χ4n) is 3.79. The van der Waals surface area contributed by atoms with Crippen LogP contribution in [0.4, 0.5) is 20.3 Å². The van der Waals surface area contributed by atoms with Gasteiger partial charge in [-0.15, -0.1) is 0 Å². The molecule has 1 amide bonds. The number of aromatic nitrogens is 2. The number of benzene rings is 1. The third-order valence-corrected chi connectivity index (χ3v) is 5.65. The molecule has 1 saturated heterocycles. The molecule has 0 spiro atoms. The van der Waals surface area contributed by atoms with Crippen molar-refractivity contribution in [3.05, 3.63) is 75.8 Å². The molecule has 0 atom stereocenters. The number of pyridine rings is 2. The van der Waals surface area contributed by atoms with Crippen LogP contribution in [0, 0.1) is 6.92 Å². The van der Waals surface area contributed by atoms with Crippen LogP contribution in [0.5, 0.6) is 0 Å². The maximum Gasteiger partial charge on any atom is 0.280 e. The summed E-state index contributed by atoms with van der Waals surface area (Å²) in [6, 6.07) is 11.3. The quantitative estimate of drug-likeness (QED) is 0.635. The third-order valence-electron chi connectivity index (χ3n) is 5.65. The fourth-order valence-corrected chi connectivity index (χ4v) is 3.79. The van der Waals surface area contributed by atoms with E-state index in [9.17, 15) is 18.4 Å². The minimum atomic E-state index is -2.76. The molecule has 172 valence electrons. The van der Waals surface area contributed by atoms with Gasteiger partial charge in [-0.3, -0.25) is 19.1 Å². The van der Waals surface area contributed by atoms with Crippen molar-refractivity contribution in [3.8, 4) is 11.1 Å². The van der Waals surface area contributed by atoms with Crippen molar-refractivity contribution in [1.82, 2.24) is 9.55 Å². The van der Waals surface area contributed by atoms with Gasteiger partial charge in [-0.25, -0.2) is 8.78 Å². The van der Waals surface area contributed by atoms with Crippen molar-refractivity contribution in [2.45, 2.75) is 13.3 Å². The largest absolute Gasteiger partial charge is 0.378 e. The van der Waals surface area contributed by atoms with Gasteiger partial charge in [0, 0.05) is 43.7 Å². The monoisotopic (exact) mass is 454 g/mol. The Morgan fingerprint density at radius 2 is 1.88 bits per heavy atom. The standard InChI is InChI=1S/C24H24F2N4O3/c1-15-3-4-18(28-24(32)16-5-6-27-20(11-16)23(25)26)14-19(15)17-12-21(29(2)22(31)13-17)30-7-9-33-10-8-30/h3-6,11-14,23H,7-10H2,1-2H3,(H,28,32). The predicted octanol–water partition coefficient (Wildman–Crippen LogP) is 3.78. The Kier molecular flexibility index (Phi) is 6.50. The summed E-state index contributed by atoms with van der Waals surface area (Å²) in [5.74, 6) is 0.276. The zero-order chi connectivity index (χ0) is 23.5. The molecule has 4 rings (SSSR count). The van der Waals surface area contributed by atoms with Crippen LogP contribution in [0.3, 0.4) is 0 Å². The Morgan fingerprint density at radius 3 is 2.61 bits per heavy atom. The maximum atomic E-state index is 12.9. The van der Waals surface area contributed by atoms with E-state index < -0.39 is 18.0 Å². The molecule has 9 heteroatoms. The number of amides is 1. The maximum absolute atomic E-state index is 12.9. The smallest absolute Gasteiger partial charge is 0.280 e. The molecule has 1 N–H and O–H groups in total. The van der Waals surface area contributed by atoms with Crippen LogP contribution >= 0.6 is 0 Å². The number of carbonyl (C=O) groups excluding carboxylic acids is 1. The van der Waals surface area contributed by atoms with E-state index in [1.165, 1.54) is 12.3 Å². The number of carbonyl (C=O) groups is 1. The Hall–Kier alpha value is -3.59. The summed E-state index contributed by atoms with van der Waals surface area (Å²) < 4.78 is 32.9. The molecule has 0 bridgehead atoms. The molecule has 1 aromatic carbocycles. The Balaban J connectivity index is 1.65. The number of halogens is 2. The Morgan fingerprint density at radius 1 is 1.12 bits per heavy atom. The van der Waals surface area contributed by atoms with Gasteiger partial charge in [0.2, 0.25) is 0 Å². The fraction of sp³-hybridized carbons (Fsp3) is 0.292. The molecular formula is C24H24F2N4O3. The van der Waals surface area contributed by atoms with E-state index in [1.54, 1.807) is 29.8 Å². The van der Waals surface area contributed by atoms with E-state index in [2.05, 4.69) is 15.2 Å². The molecule has 1 aliphatic heterocycles. The highest BCUT2D eigenvalue weighted by Gasteiger charge is 2.17. The van der Waals surface area contributed by atoms with Crippen LogP contribution in [-0.4, -0.2) is 41.8 Å². The molecular weight excluding hydrogens is 430 g/mol. The highest BCUT2D eigenvalue weighted by Crippen LogP contribution is 2.29. The predicted molar refractivity (Wildman–Crippen MR) is 122 cm³/mol. The van der Waals surface area contributed by atoms with E-state index in [4.69, 9.17) is 4.74 Å². The van der Waals surface area contributed by atoms with Gasteiger partial charge in [-0.1, -0.05) is 6.07 Å². The van der Waals surface area contributed by atoms with E-state index in [0.29, 0.717) is 32.0 Å². The van der Waals surface area contributed by atoms with Crippen molar-refractivity contribution in [2.75, 3.05) is 36.5 Å². The first-order valence-corrected chi connectivity index (χ1v) is 10.5. The molecule has 0 aliphatic carbocycles. The minimum absolute atomic E-state index is 0.0885. The van der Waals surface area contributed by atoms with Gasteiger partial charge in [-0.2, -0.15) is 0 Å². The van der Waals surface area contributed by atoms with Crippen LogP contribution in [-0.2, 0) is 11.8 Å². The lowest BCUT2D eigenvalue weighted by atomic mass is 10.00. The Labute approximate surface area is 189 Å². The van der Waals surface area contributed by atoms with Crippen LogP contribution in [0.15, 0.2) is 53.5 Å². The lowest BCUT2D eigenvalue weighted by molar-refractivity contribution is 0.102. The van der Waals surface area contributed by atoms with E-state index in [0.717, 1.165) is 28.6 Å². The van der Waals surface area contributed by atoms with Gasteiger partial charge in [0.1, 0.15) is 11.5 Å². The number of ether oxygens (including phenoxy) is 1. The summed E-state index contributed by atoms with van der Waals surface area (Å²) in [7, 11) is 1.74. The Bertz CT molecular complexity index is 1240.